The Morgan fingerprint density at radius 2 is 1.91 bits per heavy atom. The number of nitrogens with zero attached hydrogens (tertiary/aromatic N) is 2. The first-order valence-electron chi connectivity index (χ1n) is 12.5. The topological polar surface area (TPSA) is 32.8 Å². The summed E-state index contributed by atoms with van der Waals surface area (Å²) >= 11 is 0. The van der Waals surface area contributed by atoms with Crippen molar-refractivity contribution in [2.24, 2.45) is 0 Å². The number of ether oxygens (including phenoxy) is 1. The van der Waals surface area contributed by atoms with Gasteiger partial charge >= 0.3 is 6.03 Å². The quantitative estimate of drug-likeness (QED) is 0.303. The molecule has 0 bridgehead atoms. The fraction of sp³-hybridized carbons (Fsp3) is 0.367. The van der Waals surface area contributed by atoms with E-state index in [0.29, 0.717) is 0 Å². The van der Waals surface area contributed by atoms with Crippen LogP contribution in [0.4, 0.5) is 4.79 Å². The lowest BCUT2D eigenvalue weighted by atomic mass is 9.95. The van der Waals surface area contributed by atoms with Gasteiger partial charge in [0.25, 0.3) is 0 Å². The average molecular weight is 457 g/mol. The molecule has 0 radical (unpaired) electrons. The summed E-state index contributed by atoms with van der Waals surface area (Å²) in [6, 6.07) is 15.4. The van der Waals surface area contributed by atoms with Gasteiger partial charge in [0.15, 0.2) is 0 Å². The highest BCUT2D eigenvalue weighted by Gasteiger charge is 2.29. The first kappa shape index (κ1) is 23.9. The molecule has 2 aliphatic rings. The van der Waals surface area contributed by atoms with Crippen LogP contribution in [-0.2, 0) is 6.42 Å². The number of unbranched alkanes of at least 4 members (excludes halogenated alkanes) is 1. The summed E-state index contributed by atoms with van der Waals surface area (Å²) in [4.78, 5) is 16.6. The van der Waals surface area contributed by atoms with Crippen LogP contribution in [0.25, 0.3) is 11.1 Å². The van der Waals surface area contributed by atoms with Crippen molar-refractivity contribution in [1.29, 1.82) is 0 Å². The number of aryl methyl sites for hydroxylation is 2. The molecule has 0 aromatic heterocycles. The van der Waals surface area contributed by atoms with Crippen molar-refractivity contribution in [1.82, 2.24) is 9.80 Å². The molecule has 1 fully saturated rings. The maximum atomic E-state index is 12.8. The summed E-state index contributed by atoms with van der Waals surface area (Å²) in [7, 11) is 0. The number of allylic oxidation sites excluding steroid dienone is 4. The number of benzene rings is 2. The van der Waals surface area contributed by atoms with E-state index in [1.54, 1.807) is 6.08 Å². The van der Waals surface area contributed by atoms with Gasteiger partial charge in [-0.05, 0) is 86.9 Å². The highest BCUT2D eigenvalue weighted by atomic mass is 16.5. The molecule has 0 aliphatic carbocycles. The van der Waals surface area contributed by atoms with Crippen LogP contribution in [0, 0.1) is 6.92 Å². The van der Waals surface area contributed by atoms with Gasteiger partial charge in [0.05, 0.1) is 6.10 Å². The fourth-order valence-corrected chi connectivity index (χ4v) is 4.80. The molecule has 2 aromatic rings. The van der Waals surface area contributed by atoms with Crippen LogP contribution < -0.4 is 4.74 Å². The van der Waals surface area contributed by atoms with Crippen LogP contribution in [0.5, 0.6) is 5.75 Å². The Bertz CT molecular complexity index is 1070. The summed E-state index contributed by atoms with van der Waals surface area (Å²) in [5.41, 5.74) is 6.00. The molecule has 2 aliphatic heterocycles. The third kappa shape index (κ3) is 5.61. The molecule has 34 heavy (non-hydrogen) atoms. The van der Waals surface area contributed by atoms with E-state index in [0.717, 1.165) is 63.2 Å². The maximum absolute atomic E-state index is 12.8. The number of urea groups is 1. The zero-order valence-corrected chi connectivity index (χ0v) is 20.5. The fourth-order valence-electron chi connectivity index (χ4n) is 4.80. The van der Waals surface area contributed by atoms with Crippen molar-refractivity contribution in [3.05, 3.63) is 90.2 Å². The van der Waals surface area contributed by atoms with Gasteiger partial charge in [-0.1, -0.05) is 54.6 Å². The Balaban J connectivity index is 1.24. The van der Waals surface area contributed by atoms with Gasteiger partial charge in [-0.2, -0.15) is 0 Å². The summed E-state index contributed by atoms with van der Waals surface area (Å²) in [5, 5.41) is 0. The maximum Gasteiger partial charge on any atom is 0.324 e. The monoisotopic (exact) mass is 456 g/mol. The molecular weight excluding hydrogens is 420 g/mol. The van der Waals surface area contributed by atoms with E-state index >= 15 is 0 Å². The van der Waals surface area contributed by atoms with Crippen LogP contribution >= 0.6 is 0 Å². The summed E-state index contributed by atoms with van der Waals surface area (Å²) in [6.45, 7) is 10.2. The lowest BCUT2D eigenvalue weighted by Crippen LogP contribution is -2.32. The lowest BCUT2D eigenvalue weighted by Gasteiger charge is -2.27. The third-order valence-corrected chi connectivity index (χ3v) is 6.71. The summed E-state index contributed by atoms with van der Waals surface area (Å²) in [6.07, 6.45) is 13.0. The normalized spacial score (nSPS) is 18.4. The van der Waals surface area contributed by atoms with Gasteiger partial charge in [0.1, 0.15) is 5.75 Å². The smallest absolute Gasteiger partial charge is 0.324 e. The number of rotatable bonds is 9. The highest BCUT2D eigenvalue weighted by Crippen LogP contribution is 2.33. The van der Waals surface area contributed by atoms with Crippen LogP contribution in [-0.4, -0.2) is 41.6 Å². The second-order valence-electron chi connectivity index (χ2n) is 9.21. The number of hydrogen-bond acceptors (Lipinski definition) is 2. The van der Waals surface area contributed by atoms with E-state index in [1.165, 1.54) is 22.3 Å². The standard InChI is InChI=1S/C30H36N2O2/c1-4-8-27(9-5-2)32-21-20-31(30(32)33)19-7-6-10-28-17-15-26-22-25(16-18-29(26)34-28)24-13-11-23(3)12-14-24/h4-5,8-9,11-14,16,18,22,28H,1,6-7,10,15,17,19-21H2,2-3H3/b9-5-,27-8+/t28-/m0/s1. The second-order valence-corrected chi connectivity index (χ2v) is 9.21. The Kier molecular flexibility index (Phi) is 7.89. The molecule has 2 amide bonds. The van der Waals surface area contributed by atoms with Crippen LogP contribution in [0.2, 0.25) is 0 Å². The molecule has 4 nitrogen and oxygen atoms in total. The summed E-state index contributed by atoms with van der Waals surface area (Å²) in [5.74, 6) is 1.03. The first-order valence-corrected chi connectivity index (χ1v) is 12.5. The van der Waals surface area contributed by atoms with Gasteiger partial charge < -0.3 is 9.64 Å². The Hall–Kier alpha value is -3.27. The highest BCUT2D eigenvalue weighted by molar-refractivity contribution is 5.79. The molecule has 4 heteroatoms. The number of carbonyl (C=O) groups is 1. The van der Waals surface area contributed by atoms with Crippen molar-refractivity contribution in [2.75, 3.05) is 19.6 Å². The average Bonchev–Trinajstić information content (AvgIpc) is 3.21. The molecule has 2 aromatic carbocycles. The second kappa shape index (κ2) is 11.2. The van der Waals surface area contributed by atoms with Crippen LogP contribution in [0.1, 0.15) is 43.7 Å². The van der Waals surface area contributed by atoms with E-state index in [9.17, 15) is 4.79 Å². The number of amides is 2. The number of hydrogen-bond donors (Lipinski definition) is 0. The molecule has 178 valence electrons. The van der Waals surface area contributed by atoms with Crippen molar-refractivity contribution >= 4 is 6.03 Å². The first-order chi connectivity index (χ1) is 16.6. The molecule has 4 rings (SSSR count). The molecule has 2 heterocycles. The van der Waals surface area contributed by atoms with Crippen LogP contribution in [0.3, 0.4) is 0 Å². The van der Waals surface area contributed by atoms with E-state index in [2.05, 4.69) is 56.0 Å². The van der Waals surface area contributed by atoms with Gasteiger partial charge in [0.2, 0.25) is 0 Å². The zero-order chi connectivity index (χ0) is 23.9. The SMILES string of the molecule is C=C/C=C(\C=C/C)N1CCN(CCCC[C@H]2CCc3cc(-c4ccc(C)cc4)ccc3O2)C1=O. The Labute approximate surface area is 204 Å². The molecule has 0 spiro atoms. The minimum atomic E-state index is 0.0958. The predicted octanol–water partition coefficient (Wildman–Crippen LogP) is 6.91. The third-order valence-electron chi connectivity index (χ3n) is 6.71. The number of fused-ring (bicyclic) bond motifs is 1. The van der Waals surface area contributed by atoms with Gasteiger partial charge in [-0.3, -0.25) is 4.90 Å². The lowest BCUT2D eigenvalue weighted by molar-refractivity contribution is 0.158. The molecule has 1 atom stereocenters. The van der Waals surface area contributed by atoms with Crippen LogP contribution in [0.15, 0.2) is 79.0 Å². The van der Waals surface area contributed by atoms with Crippen molar-refractivity contribution in [3.8, 4) is 16.9 Å². The van der Waals surface area contributed by atoms with Crippen molar-refractivity contribution < 1.29 is 9.53 Å². The molecular formula is C30H36N2O2. The molecule has 1 saturated heterocycles. The van der Waals surface area contributed by atoms with Gasteiger partial charge in [0, 0.05) is 25.3 Å². The molecule has 0 N–H and O–H groups in total. The minimum Gasteiger partial charge on any atom is -0.490 e. The minimum absolute atomic E-state index is 0.0958. The van der Waals surface area contributed by atoms with E-state index in [1.807, 2.05) is 35.0 Å². The van der Waals surface area contributed by atoms with E-state index in [-0.39, 0.29) is 12.1 Å². The van der Waals surface area contributed by atoms with Gasteiger partial charge in [-0.15, -0.1) is 0 Å². The molecule has 0 saturated carbocycles. The predicted molar refractivity (Wildman–Crippen MR) is 140 cm³/mol. The Morgan fingerprint density at radius 1 is 1.12 bits per heavy atom. The van der Waals surface area contributed by atoms with E-state index < -0.39 is 0 Å². The van der Waals surface area contributed by atoms with Crippen molar-refractivity contribution in [2.45, 2.75) is 52.1 Å². The summed E-state index contributed by atoms with van der Waals surface area (Å²) < 4.78 is 6.32. The van der Waals surface area contributed by atoms with Crippen molar-refractivity contribution in [3.63, 3.8) is 0 Å². The largest absolute Gasteiger partial charge is 0.490 e. The van der Waals surface area contributed by atoms with E-state index in [4.69, 9.17) is 4.74 Å². The molecule has 0 unspecified atom stereocenters. The zero-order valence-electron chi connectivity index (χ0n) is 20.5. The van der Waals surface area contributed by atoms with Gasteiger partial charge in [-0.25, -0.2) is 4.79 Å². The Morgan fingerprint density at radius 3 is 2.68 bits per heavy atom. The number of carbonyl (C=O) groups excluding carboxylic acids is 1.